The monoisotopic (exact) mass is 265 g/mol. The van der Waals surface area contributed by atoms with Gasteiger partial charge in [-0.2, -0.15) is 0 Å². The summed E-state index contributed by atoms with van der Waals surface area (Å²) in [5.41, 5.74) is 2.39. The Morgan fingerprint density at radius 2 is 2.11 bits per heavy atom. The topological polar surface area (TPSA) is 37.4 Å². The van der Waals surface area contributed by atoms with Crippen LogP contribution in [-0.4, -0.2) is 38.3 Å². The fourth-order valence-corrected chi connectivity index (χ4v) is 1.98. The van der Waals surface area contributed by atoms with Gasteiger partial charge in [-0.3, -0.25) is 0 Å². The van der Waals surface area contributed by atoms with E-state index in [1.165, 1.54) is 5.56 Å². The number of aromatic nitrogens is 1. The van der Waals surface area contributed by atoms with Crippen LogP contribution in [0.1, 0.15) is 31.5 Å². The number of rotatable bonds is 9. The Morgan fingerprint density at radius 1 is 1.32 bits per heavy atom. The van der Waals surface area contributed by atoms with Crippen molar-refractivity contribution in [2.75, 3.05) is 38.3 Å². The minimum absolute atomic E-state index is 0.731. The number of methoxy groups -OCH3 is 1. The SMILES string of the molecule is CCCNCc1ccc(N(CC)CCOC)nc1C. The van der Waals surface area contributed by atoms with Gasteiger partial charge in [-0.15, -0.1) is 0 Å². The number of hydrogen-bond donors (Lipinski definition) is 1. The first-order chi connectivity index (χ1) is 9.22. The van der Waals surface area contributed by atoms with Crippen molar-refractivity contribution in [3.05, 3.63) is 23.4 Å². The van der Waals surface area contributed by atoms with Crippen molar-refractivity contribution in [2.24, 2.45) is 0 Å². The first-order valence-electron chi connectivity index (χ1n) is 7.14. The van der Waals surface area contributed by atoms with E-state index < -0.39 is 0 Å². The van der Waals surface area contributed by atoms with E-state index in [-0.39, 0.29) is 0 Å². The maximum atomic E-state index is 5.14. The molecule has 1 aromatic heterocycles. The average Bonchev–Trinajstić information content (AvgIpc) is 2.42. The van der Waals surface area contributed by atoms with Crippen molar-refractivity contribution in [2.45, 2.75) is 33.7 Å². The molecule has 19 heavy (non-hydrogen) atoms. The van der Waals surface area contributed by atoms with Crippen LogP contribution >= 0.6 is 0 Å². The van der Waals surface area contributed by atoms with Crippen molar-refractivity contribution >= 4 is 5.82 Å². The Bertz CT molecular complexity index is 368. The minimum Gasteiger partial charge on any atom is -0.383 e. The quantitative estimate of drug-likeness (QED) is 0.696. The highest BCUT2D eigenvalue weighted by molar-refractivity contribution is 5.41. The van der Waals surface area contributed by atoms with Gasteiger partial charge in [0.05, 0.1) is 6.61 Å². The molecular formula is C15H27N3O. The van der Waals surface area contributed by atoms with Gasteiger partial charge in [0.1, 0.15) is 5.82 Å². The molecule has 1 rings (SSSR count). The summed E-state index contributed by atoms with van der Waals surface area (Å²) in [5.74, 6) is 1.04. The largest absolute Gasteiger partial charge is 0.383 e. The highest BCUT2D eigenvalue weighted by Gasteiger charge is 2.07. The second-order valence-corrected chi connectivity index (χ2v) is 4.66. The van der Waals surface area contributed by atoms with Crippen LogP contribution in [0, 0.1) is 6.92 Å². The summed E-state index contributed by atoms with van der Waals surface area (Å²) < 4.78 is 5.14. The zero-order valence-corrected chi connectivity index (χ0v) is 12.7. The predicted octanol–water partition coefficient (Wildman–Crippen LogP) is 2.36. The molecule has 4 nitrogen and oxygen atoms in total. The molecule has 0 saturated carbocycles. The maximum absolute atomic E-state index is 5.14. The van der Waals surface area contributed by atoms with Crippen molar-refractivity contribution in [3.63, 3.8) is 0 Å². The first kappa shape index (κ1) is 15.9. The van der Waals surface area contributed by atoms with Crippen LogP contribution in [0.5, 0.6) is 0 Å². The molecule has 0 radical (unpaired) electrons. The predicted molar refractivity (Wildman–Crippen MR) is 80.7 cm³/mol. The van der Waals surface area contributed by atoms with E-state index in [2.05, 4.69) is 43.1 Å². The molecule has 0 aliphatic heterocycles. The lowest BCUT2D eigenvalue weighted by Gasteiger charge is -2.22. The zero-order valence-electron chi connectivity index (χ0n) is 12.7. The number of anilines is 1. The van der Waals surface area contributed by atoms with Crippen molar-refractivity contribution in [1.82, 2.24) is 10.3 Å². The van der Waals surface area contributed by atoms with E-state index in [4.69, 9.17) is 9.72 Å². The number of aryl methyl sites for hydroxylation is 1. The molecule has 0 bridgehead atoms. The molecule has 108 valence electrons. The van der Waals surface area contributed by atoms with Crippen LogP contribution < -0.4 is 10.2 Å². The van der Waals surface area contributed by atoms with E-state index in [9.17, 15) is 0 Å². The lowest BCUT2D eigenvalue weighted by Crippen LogP contribution is -2.28. The molecule has 0 saturated heterocycles. The highest BCUT2D eigenvalue weighted by atomic mass is 16.5. The van der Waals surface area contributed by atoms with Gasteiger partial charge in [0.15, 0.2) is 0 Å². The van der Waals surface area contributed by atoms with E-state index in [0.717, 1.165) is 50.7 Å². The van der Waals surface area contributed by atoms with Gasteiger partial charge in [-0.25, -0.2) is 4.98 Å². The molecule has 0 atom stereocenters. The number of ether oxygens (including phenoxy) is 1. The van der Waals surface area contributed by atoms with E-state index in [1.807, 2.05) is 0 Å². The third-order valence-electron chi connectivity index (χ3n) is 3.19. The standard InChI is InChI=1S/C15H27N3O/c1-5-9-16-12-14-7-8-15(17-13(14)3)18(6-2)10-11-19-4/h7-8,16H,5-6,9-12H2,1-4H3. The summed E-state index contributed by atoms with van der Waals surface area (Å²) in [6, 6.07) is 4.28. The molecule has 0 aromatic carbocycles. The Labute approximate surface area is 117 Å². The average molecular weight is 265 g/mol. The van der Waals surface area contributed by atoms with Crippen LogP contribution in [0.25, 0.3) is 0 Å². The highest BCUT2D eigenvalue weighted by Crippen LogP contribution is 2.14. The van der Waals surface area contributed by atoms with Crippen LogP contribution in [0.4, 0.5) is 5.82 Å². The van der Waals surface area contributed by atoms with Gasteiger partial charge in [-0.05, 0) is 38.4 Å². The fourth-order valence-electron chi connectivity index (χ4n) is 1.98. The lowest BCUT2D eigenvalue weighted by molar-refractivity contribution is 0.205. The molecule has 0 aliphatic carbocycles. The summed E-state index contributed by atoms with van der Waals surface area (Å²) in [6.45, 7) is 10.9. The normalized spacial score (nSPS) is 10.7. The third kappa shape index (κ3) is 5.17. The van der Waals surface area contributed by atoms with Crippen LogP contribution in [-0.2, 0) is 11.3 Å². The van der Waals surface area contributed by atoms with E-state index in [0.29, 0.717) is 0 Å². The summed E-state index contributed by atoms with van der Waals surface area (Å²) in [4.78, 5) is 6.94. The molecule has 1 aromatic rings. The molecule has 0 fully saturated rings. The third-order valence-corrected chi connectivity index (χ3v) is 3.19. The molecule has 4 heteroatoms. The van der Waals surface area contributed by atoms with E-state index >= 15 is 0 Å². The molecule has 1 heterocycles. The van der Waals surface area contributed by atoms with Gasteiger partial charge < -0.3 is 15.0 Å². The molecule has 0 aliphatic rings. The number of nitrogens with zero attached hydrogens (tertiary/aromatic N) is 2. The second kappa shape index (κ2) is 8.88. The molecular weight excluding hydrogens is 238 g/mol. The van der Waals surface area contributed by atoms with Gasteiger partial charge in [0.25, 0.3) is 0 Å². The van der Waals surface area contributed by atoms with Gasteiger partial charge in [-0.1, -0.05) is 13.0 Å². The molecule has 0 spiro atoms. The number of hydrogen-bond acceptors (Lipinski definition) is 4. The summed E-state index contributed by atoms with van der Waals surface area (Å²) >= 11 is 0. The molecule has 0 unspecified atom stereocenters. The zero-order chi connectivity index (χ0) is 14.1. The van der Waals surface area contributed by atoms with Gasteiger partial charge >= 0.3 is 0 Å². The second-order valence-electron chi connectivity index (χ2n) is 4.66. The van der Waals surface area contributed by atoms with Crippen LogP contribution in [0.3, 0.4) is 0 Å². The Morgan fingerprint density at radius 3 is 2.68 bits per heavy atom. The van der Waals surface area contributed by atoms with Crippen molar-refractivity contribution in [3.8, 4) is 0 Å². The smallest absolute Gasteiger partial charge is 0.128 e. The number of likely N-dealkylation sites (N-methyl/N-ethyl adjacent to an activating group) is 1. The molecule has 1 N–H and O–H groups in total. The minimum atomic E-state index is 0.731. The number of pyridine rings is 1. The summed E-state index contributed by atoms with van der Waals surface area (Å²) in [5, 5.41) is 3.42. The summed E-state index contributed by atoms with van der Waals surface area (Å²) in [7, 11) is 1.73. The Kier molecular flexibility index (Phi) is 7.45. The number of nitrogens with one attached hydrogen (secondary N) is 1. The van der Waals surface area contributed by atoms with Gasteiger partial charge in [0, 0.05) is 32.4 Å². The lowest BCUT2D eigenvalue weighted by atomic mass is 10.2. The van der Waals surface area contributed by atoms with Crippen molar-refractivity contribution < 1.29 is 4.74 Å². The molecule has 0 amide bonds. The van der Waals surface area contributed by atoms with Gasteiger partial charge in [0.2, 0.25) is 0 Å². The Balaban J connectivity index is 2.68. The van der Waals surface area contributed by atoms with E-state index in [1.54, 1.807) is 7.11 Å². The fraction of sp³-hybridized carbons (Fsp3) is 0.667. The van der Waals surface area contributed by atoms with Crippen molar-refractivity contribution in [1.29, 1.82) is 0 Å². The summed E-state index contributed by atoms with van der Waals surface area (Å²) in [6.07, 6.45) is 1.16. The van der Waals surface area contributed by atoms with Crippen LogP contribution in [0.2, 0.25) is 0 Å². The van der Waals surface area contributed by atoms with Crippen LogP contribution in [0.15, 0.2) is 12.1 Å². The first-order valence-corrected chi connectivity index (χ1v) is 7.14. The Hall–Kier alpha value is -1.13. The maximum Gasteiger partial charge on any atom is 0.128 e.